The minimum Gasteiger partial charge on any atom is -0.123 e. The van der Waals surface area contributed by atoms with Gasteiger partial charge in [0.2, 0.25) is 0 Å². The lowest BCUT2D eigenvalue weighted by atomic mass is 9.58. The predicted molar refractivity (Wildman–Crippen MR) is 62.6 cm³/mol. The van der Waals surface area contributed by atoms with Crippen LogP contribution in [0.2, 0.25) is 0 Å². The average molecular weight is 213 g/mol. The Labute approximate surface area is 92.7 Å². The van der Waals surface area contributed by atoms with E-state index in [1.54, 1.807) is 5.57 Å². The first-order chi connectivity index (χ1) is 6.54. The Morgan fingerprint density at radius 1 is 1.43 bits per heavy atom. The number of halogens is 1. The summed E-state index contributed by atoms with van der Waals surface area (Å²) in [5, 5.41) is 0.398. The van der Waals surface area contributed by atoms with Crippen LogP contribution in [0.25, 0.3) is 0 Å². The fourth-order valence-electron chi connectivity index (χ4n) is 3.19. The maximum absolute atomic E-state index is 6.24. The smallest absolute Gasteiger partial charge is 0.0373 e. The first kappa shape index (κ1) is 10.5. The van der Waals surface area contributed by atoms with Crippen LogP contribution in [-0.2, 0) is 0 Å². The van der Waals surface area contributed by atoms with Crippen LogP contribution in [0.1, 0.15) is 46.5 Å². The van der Waals surface area contributed by atoms with E-state index in [1.165, 1.54) is 19.3 Å². The highest BCUT2D eigenvalue weighted by Gasteiger charge is 2.42. The fourth-order valence-corrected chi connectivity index (χ4v) is 3.46. The quantitative estimate of drug-likeness (QED) is 0.413. The number of alkyl halides is 1. The molecule has 0 N–H and O–H groups in total. The van der Waals surface area contributed by atoms with Gasteiger partial charge in [-0.3, -0.25) is 0 Å². The van der Waals surface area contributed by atoms with Gasteiger partial charge in [0.25, 0.3) is 0 Å². The molecule has 2 aliphatic rings. The predicted octanol–water partition coefficient (Wildman–Crippen LogP) is 4.39. The molecule has 0 spiro atoms. The van der Waals surface area contributed by atoms with E-state index in [0.717, 1.165) is 18.3 Å². The number of hydrogen-bond acceptors (Lipinski definition) is 0. The Balaban J connectivity index is 2.28. The van der Waals surface area contributed by atoms with E-state index in [-0.39, 0.29) is 0 Å². The van der Waals surface area contributed by atoms with Crippen LogP contribution < -0.4 is 0 Å². The summed E-state index contributed by atoms with van der Waals surface area (Å²) in [6.45, 7) is 7.25. The summed E-state index contributed by atoms with van der Waals surface area (Å²) in [5.41, 5.74) is 2.11. The van der Waals surface area contributed by atoms with Gasteiger partial charge in [-0.2, -0.15) is 0 Å². The van der Waals surface area contributed by atoms with Crippen LogP contribution in [0.3, 0.4) is 0 Å². The molecule has 1 heteroatoms. The van der Waals surface area contributed by atoms with E-state index < -0.39 is 0 Å². The van der Waals surface area contributed by atoms with Gasteiger partial charge in [-0.05, 0) is 42.9 Å². The van der Waals surface area contributed by atoms with Crippen molar-refractivity contribution in [2.45, 2.75) is 51.8 Å². The Morgan fingerprint density at radius 3 is 2.86 bits per heavy atom. The summed E-state index contributed by atoms with van der Waals surface area (Å²) in [6, 6.07) is 0. The van der Waals surface area contributed by atoms with Gasteiger partial charge >= 0.3 is 0 Å². The van der Waals surface area contributed by atoms with Gasteiger partial charge in [-0.25, -0.2) is 0 Å². The van der Waals surface area contributed by atoms with Crippen molar-refractivity contribution in [1.29, 1.82) is 0 Å². The van der Waals surface area contributed by atoms with E-state index in [9.17, 15) is 0 Å². The zero-order valence-electron chi connectivity index (χ0n) is 9.52. The number of rotatable bonds is 0. The number of fused-ring (bicyclic) bond motifs is 1. The molecule has 80 valence electrons. The molecule has 0 aromatic heterocycles. The van der Waals surface area contributed by atoms with E-state index in [2.05, 4.69) is 26.8 Å². The summed E-state index contributed by atoms with van der Waals surface area (Å²) in [5.74, 6) is 1.67. The molecule has 0 bridgehead atoms. The van der Waals surface area contributed by atoms with Crippen LogP contribution >= 0.6 is 11.6 Å². The molecule has 4 atom stereocenters. The third-order valence-electron chi connectivity index (χ3n) is 4.75. The summed E-state index contributed by atoms with van der Waals surface area (Å²) in [6.07, 6.45) is 7.36. The van der Waals surface area contributed by atoms with Gasteiger partial charge in [0.1, 0.15) is 0 Å². The monoisotopic (exact) mass is 212 g/mol. The Kier molecular flexibility index (Phi) is 2.68. The zero-order valence-corrected chi connectivity index (χ0v) is 10.3. The molecule has 0 aliphatic heterocycles. The lowest BCUT2D eigenvalue weighted by molar-refractivity contribution is 0.134. The highest BCUT2D eigenvalue weighted by atomic mass is 35.5. The van der Waals surface area contributed by atoms with Crippen molar-refractivity contribution in [3.05, 3.63) is 11.6 Å². The van der Waals surface area contributed by atoms with Gasteiger partial charge in [0.05, 0.1) is 0 Å². The maximum atomic E-state index is 6.24. The zero-order chi connectivity index (χ0) is 10.3. The van der Waals surface area contributed by atoms with Crippen LogP contribution in [-0.4, -0.2) is 5.38 Å². The van der Waals surface area contributed by atoms with Gasteiger partial charge < -0.3 is 0 Å². The summed E-state index contributed by atoms with van der Waals surface area (Å²) in [4.78, 5) is 0. The Bertz CT molecular complexity index is 256. The molecule has 1 fully saturated rings. The van der Waals surface area contributed by atoms with Gasteiger partial charge in [-0.1, -0.05) is 32.4 Å². The minimum atomic E-state index is 0.398. The molecule has 2 aliphatic carbocycles. The second-order valence-electron chi connectivity index (χ2n) is 5.49. The van der Waals surface area contributed by atoms with Crippen molar-refractivity contribution in [3.8, 4) is 0 Å². The van der Waals surface area contributed by atoms with E-state index in [1.807, 2.05) is 0 Å². The molecule has 0 saturated heterocycles. The van der Waals surface area contributed by atoms with Crippen molar-refractivity contribution in [2.24, 2.45) is 17.3 Å². The molecule has 0 amide bonds. The van der Waals surface area contributed by atoms with E-state index in [4.69, 9.17) is 11.6 Å². The first-order valence-corrected chi connectivity index (χ1v) is 6.31. The van der Waals surface area contributed by atoms with E-state index >= 15 is 0 Å². The largest absolute Gasteiger partial charge is 0.123 e. The van der Waals surface area contributed by atoms with Crippen molar-refractivity contribution < 1.29 is 0 Å². The normalized spacial score (nSPS) is 48.3. The van der Waals surface area contributed by atoms with Crippen LogP contribution in [0.5, 0.6) is 0 Å². The maximum Gasteiger partial charge on any atom is 0.0373 e. The minimum absolute atomic E-state index is 0.398. The lowest BCUT2D eigenvalue weighted by Crippen LogP contribution is -2.39. The Hall–Kier alpha value is 0.0300. The molecule has 0 unspecified atom stereocenters. The highest BCUT2D eigenvalue weighted by Crippen LogP contribution is 2.52. The molecule has 1 saturated carbocycles. The van der Waals surface area contributed by atoms with Gasteiger partial charge in [0.15, 0.2) is 0 Å². The number of allylic oxidation sites excluding steroid dienone is 2. The SMILES string of the molecule is C[C@@H]1CC=C2C[C@H](Cl)CC[C@@]2(C)[C@@H]1C. The summed E-state index contributed by atoms with van der Waals surface area (Å²) < 4.78 is 0. The standard InChI is InChI=1S/C13H21Cl/c1-9-4-5-11-8-12(14)6-7-13(11,3)10(9)2/h5,9-10,12H,4,6-8H2,1-3H3/t9-,10-,12-,13+/m1/s1. The molecular weight excluding hydrogens is 192 g/mol. The average Bonchev–Trinajstić information content (AvgIpc) is 2.16. The lowest BCUT2D eigenvalue weighted by Gasteiger charge is -2.48. The second kappa shape index (κ2) is 3.56. The third kappa shape index (κ3) is 1.52. The second-order valence-corrected chi connectivity index (χ2v) is 6.11. The molecule has 14 heavy (non-hydrogen) atoms. The Morgan fingerprint density at radius 2 is 2.14 bits per heavy atom. The molecule has 2 rings (SSSR count). The summed E-state index contributed by atoms with van der Waals surface area (Å²) in [7, 11) is 0. The van der Waals surface area contributed by atoms with Crippen molar-refractivity contribution in [2.75, 3.05) is 0 Å². The van der Waals surface area contributed by atoms with Crippen LogP contribution in [0.15, 0.2) is 11.6 Å². The highest BCUT2D eigenvalue weighted by molar-refractivity contribution is 6.20. The molecule has 0 heterocycles. The van der Waals surface area contributed by atoms with Crippen molar-refractivity contribution in [1.82, 2.24) is 0 Å². The molecule has 0 radical (unpaired) electrons. The molecular formula is C13H21Cl. The van der Waals surface area contributed by atoms with Gasteiger partial charge in [0, 0.05) is 5.38 Å². The third-order valence-corrected chi connectivity index (χ3v) is 5.12. The molecule has 0 aromatic carbocycles. The first-order valence-electron chi connectivity index (χ1n) is 5.87. The van der Waals surface area contributed by atoms with Crippen LogP contribution in [0.4, 0.5) is 0 Å². The van der Waals surface area contributed by atoms with Crippen LogP contribution in [0, 0.1) is 17.3 Å². The van der Waals surface area contributed by atoms with Crippen molar-refractivity contribution >= 4 is 11.6 Å². The molecule has 0 nitrogen and oxygen atoms in total. The fraction of sp³-hybridized carbons (Fsp3) is 0.846. The topological polar surface area (TPSA) is 0 Å². The van der Waals surface area contributed by atoms with E-state index in [0.29, 0.717) is 10.8 Å². The van der Waals surface area contributed by atoms with Crippen molar-refractivity contribution in [3.63, 3.8) is 0 Å². The molecule has 0 aromatic rings. The number of hydrogen-bond donors (Lipinski definition) is 0. The van der Waals surface area contributed by atoms with Gasteiger partial charge in [-0.15, -0.1) is 11.6 Å². The summed E-state index contributed by atoms with van der Waals surface area (Å²) >= 11 is 6.24.